The lowest BCUT2D eigenvalue weighted by molar-refractivity contribution is -0.117. The topological polar surface area (TPSA) is 94.0 Å². The number of nitriles is 1. The second-order valence-electron chi connectivity index (χ2n) is 5.87. The van der Waals surface area contributed by atoms with Gasteiger partial charge >= 0.3 is 0 Å². The van der Waals surface area contributed by atoms with Crippen molar-refractivity contribution < 1.29 is 9.59 Å². The van der Waals surface area contributed by atoms with Gasteiger partial charge in [-0.3, -0.25) is 9.59 Å². The third-order valence-corrected chi connectivity index (χ3v) is 4.02. The summed E-state index contributed by atoms with van der Waals surface area (Å²) in [5, 5.41) is 17.6. The molecule has 0 bridgehead atoms. The lowest BCUT2D eigenvalue weighted by atomic mass is 10.1. The third-order valence-electron chi connectivity index (χ3n) is 4.02. The molecule has 1 saturated heterocycles. The first-order chi connectivity index (χ1) is 12.2. The number of nitrogens with zero attached hydrogens (tertiary/aromatic N) is 1. The predicted molar refractivity (Wildman–Crippen MR) is 95.2 cm³/mol. The van der Waals surface area contributed by atoms with Gasteiger partial charge in [-0.25, -0.2) is 0 Å². The lowest BCUT2D eigenvalue weighted by Crippen LogP contribution is -2.35. The van der Waals surface area contributed by atoms with Gasteiger partial charge in [-0.2, -0.15) is 5.26 Å². The number of anilines is 2. The number of carbonyl (C=O) groups is 2. The Morgan fingerprint density at radius 1 is 1.08 bits per heavy atom. The van der Waals surface area contributed by atoms with Crippen molar-refractivity contribution in [3.8, 4) is 6.07 Å². The van der Waals surface area contributed by atoms with Crippen LogP contribution in [0.2, 0.25) is 0 Å². The van der Waals surface area contributed by atoms with Crippen molar-refractivity contribution in [2.75, 3.05) is 17.2 Å². The number of carbonyl (C=O) groups excluding carboxylic acids is 2. The highest BCUT2D eigenvalue weighted by Crippen LogP contribution is 2.16. The van der Waals surface area contributed by atoms with Crippen LogP contribution >= 0.6 is 0 Å². The molecule has 1 aliphatic rings. The zero-order valence-corrected chi connectivity index (χ0v) is 13.6. The molecule has 2 aromatic rings. The van der Waals surface area contributed by atoms with Gasteiger partial charge in [-0.05, 0) is 55.8 Å². The van der Waals surface area contributed by atoms with E-state index >= 15 is 0 Å². The Labute approximate surface area is 145 Å². The van der Waals surface area contributed by atoms with Gasteiger partial charge in [0.15, 0.2) is 0 Å². The van der Waals surface area contributed by atoms with E-state index < -0.39 is 0 Å². The van der Waals surface area contributed by atoms with E-state index in [1.54, 1.807) is 48.5 Å². The SMILES string of the molecule is N#Cc1cccc(NC(=O)c2cccc(NC(=O)[C@@H]3CCCN3)c2)c1. The Bertz CT molecular complexity index is 835. The summed E-state index contributed by atoms with van der Waals surface area (Å²) in [5.41, 5.74) is 2.04. The van der Waals surface area contributed by atoms with Crippen molar-refractivity contribution in [3.63, 3.8) is 0 Å². The van der Waals surface area contributed by atoms with Gasteiger partial charge in [0.05, 0.1) is 17.7 Å². The maximum Gasteiger partial charge on any atom is 0.255 e. The Morgan fingerprint density at radius 3 is 2.56 bits per heavy atom. The fourth-order valence-electron chi connectivity index (χ4n) is 2.75. The molecule has 6 nitrogen and oxygen atoms in total. The number of rotatable bonds is 4. The van der Waals surface area contributed by atoms with Gasteiger partial charge in [-0.15, -0.1) is 0 Å². The van der Waals surface area contributed by atoms with Gasteiger partial charge in [0, 0.05) is 16.9 Å². The second kappa shape index (κ2) is 7.60. The highest BCUT2D eigenvalue weighted by atomic mass is 16.2. The summed E-state index contributed by atoms with van der Waals surface area (Å²) < 4.78 is 0. The molecular weight excluding hydrogens is 316 g/mol. The molecule has 1 aliphatic heterocycles. The van der Waals surface area contributed by atoms with Crippen LogP contribution in [-0.4, -0.2) is 24.4 Å². The molecule has 2 aromatic carbocycles. The molecule has 3 N–H and O–H groups in total. The first-order valence-corrected chi connectivity index (χ1v) is 8.11. The minimum Gasteiger partial charge on any atom is -0.325 e. The Kier molecular flexibility index (Phi) is 5.07. The molecule has 0 saturated carbocycles. The van der Waals surface area contributed by atoms with Crippen molar-refractivity contribution in [2.45, 2.75) is 18.9 Å². The average Bonchev–Trinajstić information content (AvgIpc) is 3.17. The standard InChI is InChI=1S/C19H18N4O2/c20-12-13-4-1-6-15(10-13)22-18(24)14-5-2-7-16(11-14)23-19(25)17-8-3-9-21-17/h1-2,4-7,10-11,17,21H,3,8-9H2,(H,22,24)(H,23,25)/t17-/m0/s1. The van der Waals surface area contributed by atoms with Crippen molar-refractivity contribution in [3.05, 3.63) is 59.7 Å². The predicted octanol–water partition coefficient (Wildman–Crippen LogP) is 2.50. The molecule has 126 valence electrons. The molecule has 1 fully saturated rings. The average molecular weight is 334 g/mol. The number of benzene rings is 2. The number of hydrogen-bond donors (Lipinski definition) is 3. The van der Waals surface area contributed by atoms with E-state index in [4.69, 9.17) is 5.26 Å². The van der Waals surface area contributed by atoms with Crippen LogP contribution in [0.25, 0.3) is 0 Å². The Balaban J connectivity index is 1.68. The molecule has 3 rings (SSSR count). The number of amides is 2. The van der Waals surface area contributed by atoms with Crippen LogP contribution in [0.3, 0.4) is 0 Å². The largest absolute Gasteiger partial charge is 0.325 e. The normalized spacial score (nSPS) is 16.0. The molecule has 0 aliphatic carbocycles. The van der Waals surface area contributed by atoms with Crippen LogP contribution in [0.1, 0.15) is 28.8 Å². The minimum atomic E-state index is -0.301. The molecule has 1 heterocycles. The van der Waals surface area contributed by atoms with Gasteiger partial charge in [-0.1, -0.05) is 12.1 Å². The zero-order valence-electron chi connectivity index (χ0n) is 13.6. The van der Waals surface area contributed by atoms with Crippen LogP contribution < -0.4 is 16.0 Å². The number of hydrogen-bond acceptors (Lipinski definition) is 4. The quantitative estimate of drug-likeness (QED) is 0.801. The summed E-state index contributed by atoms with van der Waals surface area (Å²) in [6.45, 7) is 0.849. The van der Waals surface area contributed by atoms with E-state index in [9.17, 15) is 9.59 Å². The van der Waals surface area contributed by atoms with Crippen molar-refractivity contribution in [1.82, 2.24) is 5.32 Å². The third kappa shape index (κ3) is 4.22. The molecule has 0 radical (unpaired) electrons. The highest BCUT2D eigenvalue weighted by molar-refractivity contribution is 6.05. The molecule has 25 heavy (non-hydrogen) atoms. The monoisotopic (exact) mass is 334 g/mol. The van der Waals surface area contributed by atoms with Crippen molar-refractivity contribution in [1.29, 1.82) is 5.26 Å². The fraction of sp³-hybridized carbons (Fsp3) is 0.211. The highest BCUT2D eigenvalue weighted by Gasteiger charge is 2.22. The van der Waals surface area contributed by atoms with E-state index in [2.05, 4.69) is 16.0 Å². The van der Waals surface area contributed by atoms with Gasteiger partial charge in [0.2, 0.25) is 5.91 Å². The molecule has 0 aromatic heterocycles. The zero-order chi connectivity index (χ0) is 17.6. The maximum absolute atomic E-state index is 12.4. The van der Waals surface area contributed by atoms with Crippen LogP contribution in [-0.2, 0) is 4.79 Å². The van der Waals surface area contributed by atoms with Crippen LogP contribution in [0.15, 0.2) is 48.5 Å². The minimum absolute atomic E-state index is 0.0863. The summed E-state index contributed by atoms with van der Waals surface area (Å²) in [6.07, 6.45) is 1.81. The van der Waals surface area contributed by atoms with E-state index in [0.29, 0.717) is 22.5 Å². The molecule has 1 atom stereocenters. The first-order valence-electron chi connectivity index (χ1n) is 8.11. The fourth-order valence-corrected chi connectivity index (χ4v) is 2.75. The van der Waals surface area contributed by atoms with Crippen molar-refractivity contribution in [2.24, 2.45) is 0 Å². The number of nitrogens with one attached hydrogen (secondary N) is 3. The van der Waals surface area contributed by atoms with Gasteiger partial charge in [0.25, 0.3) is 5.91 Å². The summed E-state index contributed by atoms with van der Waals surface area (Å²) in [6, 6.07) is 15.3. The Morgan fingerprint density at radius 2 is 1.84 bits per heavy atom. The van der Waals surface area contributed by atoms with E-state index in [0.717, 1.165) is 19.4 Å². The molecule has 0 spiro atoms. The van der Waals surface area contributed by atoms with Crippen LogP contribution in [0.4, 0.5) is 11.4 Å². The van der Waals surface area contributed by atoms with E-state index in [1.807, 2.05) is 6.07 Å². The summed E-state index contributed by atoms with van der Waals surface area (Å²) in [7, 11) is 0. The van der Waals surface area contributed by atoms with Crippen LogP contribution in [0, 0.1) is 11.3 Å². The second-order valence-corrected chi connectivity index (χ2v) is 5.87. The molecule has 0 unspecified atom stereocenters. The molecule has 6 heteroatoms. The summed E-state index contributed by atoms with van der Waals surface area (Å²) in [5.74, 6) is -0.387. The van der Waals surface area contributed by atoms with Crippen LogP contribution in [0.5, 0.6) is 0 Å². The molecule has 2 amide bonds. The summed E-state index contributed by atoms with van der Waals surface area (Å²) >= 11 is 0. The van der Waals surface area contributed by atoms with Gasteiger partial charge < -0.3 is 16.0 Å². The maximum atomic E-state index is 12.4. The first kappa shape index (κ1) is 16.7. The van der Waals surface area contributed by atoms with E-state index in [-0.39, 0.29) is 17.9 Å². The lowest BCUT2D eigenvalue weighted by Gasteiger charge is -2.12. The summed E-state index contributed by atoms with van der Waals surface area (Å²) in [4.78, 5) is 24.5. The smallest absolute Gasteiger partial charge is 0.255 e. The van der Waals surface area contributed by atoms with Gasteiger partial charge in [0.1, 0.15) is 0 Å². The van der Waals surface area contributed by atoms with E-state index in [1.165, 1.54) is 0 Å². The van der Waals surface area contributed by atoms with Crippen molar-refractivity contribution >= 4 is 23.2 Å². The Hall–Kier alpha value is -3.17. The molecular formula is C19H18N4O2.